The summed E-state index contributed by atoms with van der Waals surface area (Å²) in [6.45, 7) is 3.29. The fourth-order valence-electron chi connectivity index (χ4n) is 3.48. The van der Waals surface area contributed by atoms with Crippen LogP contribution in [-0.4, -0.2) is 46.1 Å². The Balaban J connectivity index is 1.63. The fourth-order valence-corrected chi connectivity index (χ4v) is 3.48. The van der Waals surface area contributed by atoms with Crippen molar-refractivity contribution in [3.8, 4) is 22.6 Å². The van der Waals surface area contributed by atoms with Gasteiger partial charge in [-0.15, -0.1) is 0 Å². The van der Waals surface area contributed by atoms with Gasteiger partial charge in [-0.1, -0.05) is 6.07 Å². The van der Waals surface area contributed by atoms with Crippen molar-refractivity contribution in [3.05, 3.63) is 42.2 Å². The van der Waals surface area contributed by atoms with Crippen molar-refractivity contribution in [2.75, 3.05) is 13.2 Å². The lowest BCUT2D eigenvalue weighted by Gasteiger charge is -2.23. The number of amides is 1. The van der Waals surface area contributed by atoms with Crippen LogP contribution < -0.4 is 15.6 Å². The number of aromatic nitrogens is 1. The van der Waals surface area contributed by atoms with Gasteiger partial charge in [0.1, 0.15) is 12.6 Å². The Bertz CT molecular complexity index is 812. The number of hydrazine groups is 1. The highest BCUT2D eigenvalue weighted by atomic mass is 16.5. The van der Waals surface area contributed by atoms with Gasteiger partial charge >= 0.3 is 0 Å². The highest BCUT2D eigenvalue weighted by Crippen LogP contribution is 2.37. The van der Waals surface area contributed by atoms with E-state index in [0.717, 1.165) is 23.1 Å². The van der Waals surface area contributed by atoms with Crippen LogP contribution in [0.5, 0.6) is 11.5 Å². The SMILES string of the molecule is CC1CC(C(=O)N2CCOc3c(O)cc(-c4cccnc4)cc3C2)NN1. The molecule has 0 spiro atoms. The molecule has 7 heteroatoms. The van der Waals surface area contributed by atoms with Gasteiger partial charge in [0.2, 0.25) is 5.91 Å². The Labute approximate surface area is 152 Å². The average Bonchev–Trinajstić information content (AvgIpc) is 2.96. The van der Waals surface area contributed by atoms with Gasteiger partial charge in [-0.25, -0.2) is 5.43 Å². The predicted molar refractivity (Wildman–Crippen MR) is 96.4 cm³/mol. The van der Waals surface area contributed by atoms with Gasteiger partial charge in [-0.05, 0) is 37.1 Å². The zero-order valence-electron chi connectivity index (χ0n) is 14.6. The molecular weight excluding hydrogens is 332 g/mol. The fraction of sp³-hybridized carbons (Fsp3) is 0.368. The number of hydrogen-bond acceptors (Lipinski definition) is 6. The molecule has 0 radical (unpaired) electrons. The van der Waals surface area contributed by atoms with E-state index < -0.39 is 0 Å². The number of phenolic OH excluding ortho intramolecular Hbond substituents is 1. The zero-order chi connectivity index (χ0) is 18.1. The summed E-state index contributed by atoms with van der Waals surface area (Å²) < 4.78 is 5.74. The van der Waals surface area contributed by atoms with Gasteiger partial charge in [0.05, 0.1) is 6.54 Å². The molecular formula is C19H22N4O3. The first-order chi connectivity index (χ1) is 12.6. The maximum atomic E-state index is 12.8. The molecule has 1 saturated heterocycles. The van der Waals surface area contributed by atoms with E-state index in [9.17, 15) is 9.90 Å². The van der Waals surface area contributed by atoms with Gasteiger partial charge in [0.15, 0.2) is 11.5 Å². The van der Waals surface area contributed by atoms with E-state index in [4.69, 9.17) is 4.74 Å². The van der Waals surface area contributed by atoms with E-state index in [2.05, 4.69) is 15.8 Å². The Morgan fingerprint density at radius 3 is 2.96 bits per heavy atom. The zero-order valence-corrected chi connectivity index (χ0v) is 14.6. The van der Waals surface area contributed by atoms with Crippen LogP contribution in [0.3, 0.4) is 0 Å². The van der Waals surface area contributed by atoms with Crippen molar-refractivity contribution in [2.45, 2.75) is 32.0 Å². The van der Waals surface area contributed by atoms with Crippen LogP contribution in [0.2, 0.25) is 0 Å². The van der Waals surface area contributed by atoms with Gasteiger partial charge in [-0.3, -0.25) is 15.2 Å². The number of pyridine rings is 1. The second kappa shape index (κ2) is 6.93. The maximum Gasteiger partial charge on any atom is 0.241 e. The molecule has 3 N–H and O–H groups in total. The first-order valence-corrected chi connectivity index (χ1v) is 8.81. The highest BCUT2D eigenvalue weighted by molar-refractivity contribution is 5.82. The van der Waals surface area contributed by atoms with E-state index in [1.54, 1.807) is 23.4 Å². The summed E-state index contributed by atoms with van der Waals surface area (Å²) in [6.07, 6.45) is 4.21. The number of hydrogen-bond donors (Lipinski definition) is 3. The lowest BCUT2D eigenvalue weighted by molar-refractivity contribution is -0.133. The molecule has 3 heterocycles. The van der Waals surface area contributed by atoms with Crippen LogP contribution in [0, 0.1) is 0 Å². The summed E-state index contributed by atoms with van der Waals surface area (Å²) in [5.74, 6) is 0.591. The molecule has 4 rings (SSSR count). The van der Waals surface area contributed by atoms with Crippen molar-refractivity contribution in [1.29, 1.82) is 0 Å². The predicted octanol–water partition coefficient (Wildman–Crippen LogP) is 1.43. The number of benzene rings is 1. The molecule has 136 valence electrons. The standard InChI is InChI=1S/C19H22N4O3/c1-12-7-16(22-21-12)19(25)23-5-6-26-18-15(11-23)8-14(9-17(18)24)13-3-2-4-20-10-13/h2-4,8-10,12,16,21-22,24H,5-7,11H2,1H3. The average molecular weight is 354 g/mol. The van der Waals surface area contributed by atoms with Crippen LogP contribution in [0.1, 0.15) is 18.9 Å². The topological polar surface area (TPSA) is 86.7 Å². The van der Waals surface area contributed by atoms with Crippen LogP contribution in [0.25, 0.3) is 11.1 Å². The summed E-state index contributed by atoms with van der Waals surface area (Å²) in [5, 5.41) is 10.4. The van der Waals surface area contributed by atoms with Crippen molar-refractivity contribution < 1.29 is 14.6 Å². The lowest BCUT2D eigenvalue weighted by atomic mass is 10.0. The van der Waals surface area contributed by atoms with E-state index >= 15 is 0 Å². The normalized spacial score (nSPS) is 22.4. The number of nitrogens with one attached hydrogen (secondary N) is 2. The number of fused-ring (bicyclic) bond motifs is 1. The Hall–Kier alpha value is -2.64. The molecule has 26 heavy (non-hydrogen) atoms. The molecule has 2 aliphatic heterocycles. The summed E-state index contributed by atoms with van der Waals surface area (Å²) in [7, 11) is 0. The number of ether oxygens (including phenoxy) is 1. The number of aromatic hydroxyl groups is 1. The largest absolute Gasteiger partial charge is 0.504 e. The third-order valence-electron chi connectivity index (χ3n) is 4.81. The number of rotatable bonds is 2. The lowest BCUT2D eigenvalue weighted by Crippen LogP contribution is -2.46. The summed E-state index contributed by atoms with van der Waals surface area (Å²) >= 11 is 0. The number of phenols is 1. The molecule has 2 aliphatic rings. The van der Waals surface area contributed by atoms with Gasteiger partial charge < -0.3 is 14.7 Å². The third kappa shape index (κ3) is 3.23. The van der Waals surface area contributed by atoms with Crippen molar-refractivity contribution in [2.24, 2.45) is 0 Å². The van der Waals surface area contributed by atoms with Crippen LogP contribution >= 0.6 is 0 Å². The smallest absolute Gasteiger partial charge is 0.241 e. The Kier molecular flexibility index (Phi) is 4.48. The van der Waals surface area contributed by atoms with Crippen LogP contribution in [-0.2, 0) is 11.3 Å². The molecule has 1 amide bonds. The van der Waals surface area contributed by atoms with E-state index in [1.807, 2.05) is 25.1 Å². The highest BCUT2D eigenvalue weighted by Gasteiger charge is 2.32. The molecule has 1 aromatic heterocycles. The minimum Gasteiger partial charge on any atom is -0.504 e. The number of carbonyl (C=O) groups excluding carboxylic acids is 1. The van der Waals surface area contributed by atoms with Gasteiger partial charge in [0, 0.05) is 36.1 Å². The number of nitrogens with zero attached hydrogens (tertiary/aromatic N) is 2. The van der Waals surface area contributed by atoms with Crippen molar-refractivity contribution in [3.63, 3.8) is 0 Å². The molecule has 1 fully saturated rings. The maximum absolute atomic E-state index is 12.8. The molecule has 2 atom stereocenters. The second-order valence-corrected chi connectivity index (χ2v) is 6.81. The first kappa shape index (κ1) is 16.8. The molecule has 0 aliphatic carbocycles. The van der Waals surface area contributed by atoms with E-state index in [1.165, 1.54) is 0 Å². The van der Waals surface area contributed by atoms with Crippen molar-refractivity contribution in [1.82, 2.24) is 20.7 Å². The summed E-state index contributed by atoms with van der Waals surface area (Å²) in [5.41, 5.74) is 8.70. The molecule has 1 aromatic carbocycles. The second-order valence-electron chi connectivity index (χ2n) is 6.81. The molecule has 2 unspecified atom stereocenters. The number of carbonyl (C=O) groups is 1. The Morgan fingerprint density at radius 2 is 2.23 bits per heavy atom. The van der Waals surface area contributed by atoms with Crippen LogP contribution in [0.4, 0.5) is 0 Å². The summed E-state index contributed by atoms with van der Waals surface area (Å²) in [4.78, 5) is 18.8. The van der Waals surface area contributed by atoms with E-state index in [0.29, 0.717) is 25.4 Å². The molecule has 2 aromatic rings. The van der Waals surface area contributed by atoms with E-state index in [-0.39, 0.29) is 23.7 Å². The minimum atomic E-state index is -0.235. The Morgan fingerprint density at radius 1 is 1.35 bits per heavy atom. The monoisotopic (exact) mass is 354 g/mol. The molecule has 0 saturated carbocycles. The van der Waals surface area contributed by atoms with Gasteiger partial charge in [-0.2, -0.15) is 0 Å². The third-order valence-corrected chi connectivity index (χ3v) is 4.81. The minimum absolute atomic E-state index is 0.0459. The van der Waals surface area contributed by atoms with Gasteiger partial charge in [0.25, 0.3) is 0 Å². The molecule has 0 bridgehead atoms. The van der Waals surface area contributed by atoms with Crippen LogP contribution in [0.15, 0.2) is 36.7 Å². The van der Waals surface area contributed by atoms with Crippen molar-refractivity contribution >= 4 is 5.91 Å². The quantitative estimate of drug-likeness (QED) is 0.756. The molecule has 7 nitrogen and oxygen atoms in total. The first-order valence-electron chi connectivity index (χ1n) is 8.81. The summed E-state index contributed by atoms with van der Waals surface area (Å²) in [6, 6.07) is 7.45.